The largest absolute Gasteiger partial charge is 0.305 e. The number of aromatic amines is 1. The third kappa shape index (κ3) is 3.64. The smallest absolute Gasteiger partial charge is 0.104 e. The van der Waals surface area contributed by atoms with Crippen molar-refractivity contribution in [1.82, 2.24) is 20.7 Å². The molecule has 2 rings (SSSR count). The topological polar surface area (TPSA) is 53.6 Å². The van der Waals surface area contributed by atoms with E-state index in [4.69, 9.17) is 0 Å². The Balaban J connectivity index is 2.17. The van der Waals surface area contributed by atoms with Crippen LogP contribution in [0.3, 0.4) is 0 Å². The van der Waals surface area contributed by atoms with Gasteiger partial charge in [0.1, 0.15) is 5.69 Å². The first-order valence-corrected chi connectivity index (χ1v) is 7.03. The molecule has 0 amide bonds. The summed E-state index contributed by atoms with van der Waals surface area (Å²) in [6.45, 7) is 5.33. The maximum atomic E-state index is 4.21. The van der Waals surface area contributed by atoms with Gasteiger partial charge in [0.25, 0.3) is 0 Å². The summed E-state index contributed by atoms with van der Waals surface area (Å²) in [5.41, 5.74) is 3.57. The van der Waals surface area contributed by atoms with Crippen molar-refractivity contribution in [2.45, 2.75) is 39.2 Å². The summed E-state index contributed by atoms with van der Waals surface area (Å²) in [6.07, 6.45) is 5.20. The van der Waals surface area contributed by atoms with Crippen molar-refractivity contribution >= 4 is 0 Å². The van der Waals surface area contributed by atoms with Crippen molar-refractivity contribution in [2.75, 3.05) is 6.54 Å². The van der Waals surface area contributed by atoms with E-state index in [0.717, 1.165) is 25.1 Å². The van der Waals surface area contributed by atoms with Gasteiger partial charge >= 0.3 is 0 Å². The van der Waals surface area contributed by atoms with Crippen molar-refractivity contribution in [3.63, 3.8) is 0 Å². The normalized spacial score (nSPS) is 12.5. The van der Waals surface area contributed by atoms with E-state index in [1.54, 1.807) is 6.20 Å². The van der Waals surface area contributed by atoms with E-state index in [0.29, 0.717) is 0 Å². The molecule has 1 atom stereocenters. The molecule has 4 nitrogen and oxygen atoms in total. The predicted molar refractivity (Wildman–Crippen MR) is 77.0 cm³/mol. The van der Waals surface area contributed by atoms with Gasteiger partial charge in [-0.15, -0.1) is 0 Å². The second kappa shape index (κ2) is 7.04. The molecule has 2 aromatic rings. The summed E-state index contributed by atoms with van der Waals surface area (Å²) < 4.78 is 0. The molecule has 1 unspecified atom stereocenters. The van der Waals surface area contributed by atoms with Crippen molar-refractivity contribution in [2.24, 2.45) is 0 Å². The van der Waals surface area contributed by atoms with E-state index in [1.165, 1.54) is 17.5 Å². The molecule has 4 heteroatoms. The van der Waals surface area contributed by atoms with Crippen LogP contribution in [0.2, 0.25) is 0 Å². The van der Waals surface area contributed by atoms with Gasteiger partial charge in [0.15, 0.2) is 0 Å². The fraction of sp³-hybridized carbons (Fsp3) is 0.467. The summed E-state index contributed by atoms with van der Waals surface area (Å²) in [7, 11) is 0. The molecule has 0 aliphatic rings. The predicted octanol–water partition coefficient (Wildman–Crippen LogP) is 2.85. The Morgan fingerprint density at radius 2 is 1.95 bits per heavy atom. The standard InChI is InChI=1S/C15H22N4/c1-3-5-12-6-8-13(9-7-12)15(16-10-4-2)14-11-17-19-18-14/h6-9,11,15-16H,3-5,10H2,1-2H3,(H,17,18,19). The van der Waals surface area contributed by atoms with Crippen molar-refractivity contribution in [3.8, 4) is 0 Å². The molecular formula is C15H22N4. The Hall–Kier alpha value is -1.68. The first-order chi connectivity index (χ1) is 9.35. The van der Waals surface area contributed by atoms with Crippen LogP contribution in [0.4, 0.5) is 0 Å². The highest BCUT2D eigenvalue weighted by Gasteiger charge is 2.15. The number of aromatic nitrogens is 3. The lowest BCUT2D eigenvalue weighted by atomic mass is 10.0. The molecule has 0 saturated heterocycles. The molecule has 1 aromatic heterocycles. The van der Waals surface area contributed by atoms with Crippen LogP contribution in [-0.2, 0) is 6.42 Å². The van der Waals surface area contributed by atoms with E-state index in [1.807, 2.05) is 0 Å². The second-order valence-electron chi connectivity index (χ2n) is 4.77. The Labute approximate surface area is 114 Å². The van der Waals surface area contributed by atoms with Crippen LogP contribution in [0, 0.1) is 0 Å². The van der Waals surface area contributed by atoms with Gasteiger partial charge in [-0.25, -0.2) is 0 Å². The maximum absolute atomic E-state index is 4.21. The molecule has 19 heavy (non-hydrogen) atoms. The molecule has 0 aliphatic heterocycles. The lowest BCUT2D eigenvalue weighted by molar-refractivity contribution is 0.585. The number of hydrogen-bond acceptors (Lipinski definition) is 3. The first-order valence-electron chi connectivity index (χ1n) is 7.03. The molecule has 0 aliphatic carbocycles. The van der Waals surface area contributed by atoms with Gasteiger partial charge in [-0.1, -0.05) is 44.5 Å². The molecule has 2 N–H and O–H groups in total. The molecule has 102 valence electrons. The quantitative estimate of drug-likeness (QED) is 0.803. The zero-order chi connectivity index (χ0) is 13.5. The number of H-pyrrole nitrogens is 1. The van der Waals surface area contributed by atoms with Gasteiger partial charge in [-0.3, -0.25) is 0 Å². The van der Waals surface area contributed by atoms with E-state index in [9.17, 15) is 0 Å². The fourth-order valence-corrected chi connectivity index (χ4v) is 2.20. The SMILES string of the molecule is CCCNC(c1ccc(CCC)cc1)c1cn[nH]n1. The average molecular weight is 258 g/mol. The van der Waals surface area contributed by atoms with Crippen LogP contribution in [0.5, 0.6) is 0 Å². The molecular weight excluding hydrogens is 236 g/mol. The lowest BCUT2D eigenvalue weighted by Gasteiger charge is -2.16. The van der Waals surface area contributed by atoms with Crippen molar-refractivity contribution in [3.05, 3.63) is 47.3 Å². The van der Waals surface area contributed by atoms with E-state index in [2.05, 4.69) is 58.8 Å². The fourth-order valence-electron chi connectivity index (χ4n) is 2.20. The van der Waals surface area contributed by atoms with Gasteiger partial charge in [-0.2, -0.15) is 15.4 Å². The molecule has 1 heterocycles. The third-order valence-electron chi connectivity index (χ3n) is 3.18. The first kappa shape index (κ1) is 13.7. The summed E-state index contributed by atoms with van der Waals surface area (Å²) >= 11 is 0. The molecule has 0 spiro atoms. The van der Waals surface area contributed by atoms with E-state index >= 15 is 0 Å². The minimum Gasteiger partial charge on any atom is -0.305 e. The molecule has 0 saturated carbocycles. The third-order valence-corrected chi connectivity index (χ3v) is 3.18. The number of rotatable bonds is 7. The number of benzene rings is 1. The zero-order valence-corrected chi connectivity index (χ0v) is 11.7. The van der Waals surface area contributed by atoms with Crippen LogP contribution in [0.15, 0.2) is 30.5 Å². The van der Waals surface area contributed by atoms with E-state index in [-0.39, 0.29) is 6.04 Å². The van der Waals surface area contributed by atoms with Crippen LogP contribution < -0.4 is 5.32 Å². The Morgan fingerprint density at radius 3 is 2.53 bits per heavy atom. The lowest BCUT2D eigenvalue weighted by Crippen LogP contribution is -2.23. The van der Waals surface area contributed by atoms with Crippen LogP contribution in [0.1, 0.15) is 49.6 Å². The minimum atomic E-state index is 0.120. The van der Waals surface area contributed by atoms with Crippen molar-refractivity contribution < 1.29 is 0 Å². The Morgan fingerprint density at radius 1 is 1.16 bits per heavy atom. The Kier molecular flexibility index (Phi) is 5.10. The Bertz CT molecular complexity index is 461. The summed E-state index contributed by atoms with van der Waals surface area (Å²) in [4.78, 5) is 0. The van der Waals surface area contributed by atoms with Gasteiger partial charge in [-0.05, 0) is 30.5 Å². The maximum Gasteiger partial charge on any atom is 0.104 e. The summed E-state index contributed by atoms with van der Waals surface area (Å²) in [5.74, 6) is 0. The van der Waals surface area contributed by atoms with Gasteiger partial charge < -0.3 is 5.32 Å². The average Bonchev–Trinajstić information content (AvgIpc) is 2.95. The van der Waals surface area contributed by atoms with E-state index < -0.39 is 0 Å². The summed E-state index contributed by atoms with van der Waals surface area (Å²) in [6, 6.07) is 8.91. The monoisotopic (exact) mass is 258 g/mol. The molecule has 0 bridgehead atoms. The molecule has 0 radical (unpaired) electrons. The van der Waals surface area contributed by atoms with Gasteiger partial charge in [0, 0.05) is 0 Å². The number of nitrogens with zero attached hydrogens (tertiary/aromatic N) is 2. The minimum absolute atomic E-state index is 0.120. The molecule has 1 aromatic carbocycles. The van der Waals surface area contributed by atoms with Gasteiger partial charge in [0.2, 0.25) is 0 Å². The van der Waals surface area contributed by atoms with Crippen LogP contribution >= 0.6 is 0 Å². The molecule has 0 fully saturated rings. The highest BCUT2D eigenvalue weighted by Crippen LogP contribution is 2.20. The number of hydrogen-bond donors (Lipinski definition) is 2. The summed E-state index contributed by atoms with van der Waals surface area (Å²) in [5, 5.41) is 14.3. The highest BCUT2D eigenvalue weighted by atomic mass is 15.3. The van der Waals surface area contributed by atoms with Crippen LogP contribution in [-0.4, -0.2) is 22.0 Å². The highest BCUT2D eigenvalue weighted by molar-refractivity contribution is 5.29. The second-order valence-corrected chi connectivity index (χ2v) is 4.77. The van der Waals surface area contributed by atoms with Crippen LogP contribution in [0.25, 0.3) is 0 Å². The van der Waals surface area contributed by atoms with Gasteiger partial charge in [0.05, 0.1) is 12.2 Å². The number of aryl methyl sites for hydroxylation is 1. The zero-order valence-electron chi connectivity index (χ0n) is 11.7. The van der Waals surface area contributed by atoms with Crippen molar-refractivity contribution in [1.29, 1.82) is 0 Å². The number of nitrogens with one attached hydrogen (secondary N) is 2.